The zero-order chi connectivity index (χ0) is 8.55. The third kappa shape index (κ3) is 1.49. The minimum Gasteiger partial charge on any atom is -0.325 e. The second-order valence-electron chi connectivity index (χ2n) is 3.48. The van der Waals surface area contributed by atoms with Crippen LogP contribution in [0.3, 0.4) is 0 Å². The smallest absolute Gasteiger partial charge is 0.0534 e. The lowest BCUT2D eigenvalue weighted by Gasteiger charge is -2.36. The highest BCUT2D eigenvalue weighted by atomic mass is 15.3. The largest absolute Gasteiger partial charge is 0.325 e. The SMILES string of the molecule is Cn1cc(CN2CC(N)C2)cn1. The van der Waals surface area contributed by atoms with Gasteiger partial charge >= 0.3 is 0 Å². The monoisotopic (exact) mass is 166 g/mol. The number of aromatic nitrogens is 2. The lowest BCUT2D eigenvalue weighted by atomic mass is 10.1. The summed E-state index contributed by atoms with van der Waals surface area (Å²) < 4.78 is 1.83. The van der Waals surface area contributed by atoms with Gasteiger partial charge in [-0.25, -0.2) is 0 Å². The quantitative estimate of drug-likeness (QED) is 0.648. The van der Waals surface area contributed by atoms with Gasteiger partial charge < -0.3 is 5.73 Å². The number of aryl methyl sites for hydroxylation is 1. The fraction of sp³-hybridized carbons (Fsp3) is 0.625. The molecule has 66 valence electrons. The standard InChI is InChI=1S/C8H14N4/c1-11-3-7(2-10-11)4-12-5-8(9)6-12/h2-3,8H,4-6,9H2,1H3. The Morgan fingerprint density at radius 1 is 1.67 bits per heavy atom. The van der Waals surface area contributed by atoms with E-state index in [1.54, 1.807) is 0 Å². The zero-order valence-corrected chi connectivity index (χ0v) is 7.27. The summed E-state index contributed by atoms with van der Waals surface area (Å²) in [4.78, 5) is 2.32. The van der Waals surface area contributed by atoms with Crippen LogP contribution in [-0.4, -0.2) is 33.8 Å². The average Bonchev–Trinajstić information content (AvgIpc) is 2.33. The molecule has 1 aliphatic rings. The van der Waals surface area contributed by atoms with Crippen LogP contribution in [0, 0.1) is 0 Å². The molecule has 0 bridgehead atoms. The summed E-state index contributed by atoms with van der Waals surface area (Å²) in [6, 6.07) is 0.390. The highest BCUT2D eigenvalue weighted by Gasteiger charge is 2.22. The average molecular weight is 166 g/mol. The van der Waals surface area contributed by atoms with E-state index in [1.807, 2.05) is 24.1 Å². The van der Waals surface area contributed by atoms with Gasteiger partial charge in [-0.05, 0) is 0 Å². The molecular weight excluding hydrogens is 152 g/mol. The maximum absolute atomic E-state index is 5.67. The van der Waals surface area contributed by atoms with Gasteiger partial charge in [-0.15, -0.1) is 0 Å². The molecule has 0 saturated carbocycles. The van der Waals surface area contributed by atoms with Gasteiger partial charge in [0.1, 0.15) is 0 Å². The number of hydrogen-bond acceptors (Lipinski definition) is 3. The van der Waals surface area contributed by atoms with Crippen molar-refractivity contribution in [2.24, 2.45) is 12.8 Å². The summed E-state index contributed by atoms with van der Waals surface area (Å²) in [7, 11) is 1.94. The van der Waals surface area contributed by atoms with E-state index in [1.165, 1.54) is 5.56 Å². The predicted molar refractivity (Wildman–Crippen MR) is 46.5 cm³/mol. The molecular formula is C8H14N4. The first kappa shape index (κ1) is 7.76. The molecule has 1 aliphatic heterocycles. The number of nitrogens with zero attached hydrogens (tertiary/aromatic N) is 3. The van der Waals surface area contributed by atoms with Crippen LogP contribution in [-0.2, 0) is 13.6 Å². The topological polar surface area (TPSA) is 47.1 Å². The lowest BCUT2D eigenvalue weighted by molar-refractivity contribution is 0.142. The van der Waals surface area contributed by atoms with E-state index in [9.17, 15) is 0 Å². The van der Waals surface area contributed by atoms with E-state index in [-0.39, 0.29) is 0 Å². The van der Waals surface area contributed by atoms with E-state index in [0.717, 1.165) is 19.6 Å². The van der Waals surface area contributed by atoms with Crippen molar-refractivity contribution in [3.05, 3.63) is 18.0 Å². The molecule has 0 spiro atoms. The van der Waals surface area contributed by atoms with Gasteiger partial charge in [0, 0.05) is 44.5 Å². The third-order valence-electron chi connectivity index (χ3n) is 2.15. The van der Waals surface area contributed by atoms with Crippen molar-refractivity contribution in [1.29, 1.82) is 0 Å². The molecule has 0 unspecified atom stereocenters. The number of likely N-dealkylation sites (tertiary alicyclic amines) is 1. The molecule has 0 atom stereocenters. The normalized spacial score (nSPS) is 19.5. The van der Waals surface area contributed by atoms with Crippen LogP contribution in [0.2, 0.25) is 0 Å². The van der Waals surface area contributed by atoms with Crippen molar-refractivity contribution in [3.8, 4) is 0 Å². The van der Waals surface area contributed by atoms with Crippen LogP contribution in [0.5, 0.6) is 0 Å². The van der Waals surface area contributed by atoms with Crippen LogP contribution in [0.1, 0.15) is 5.56 Å². The van der Waals surface area contributed by atoms with Crippen molar-refractivity contribution >= 4 is 0 Å². The van der Waals surface area contributed by atoms with Crippen molar-refractivity contribution in [3.63, 3.8) is 0 Å². The van der Waals surface area contributed by atoms with Crippen LogP contribution in [0.25, 0.3) is 0 Å². The van der Waals surface area contributed by atoms with Gasteiger partial charge in [0.15, 0.2) is 0 Å². The third-order valence-corrected chi connectivity index (χ3v) is 2.15. The second-order valence-corrected chi connectivity index (χ2v) is 3.48. The van der Waals surface area contributed by atoms with Gasteiger partial charge in [-0.2, -0.15) is 5.10 Å². The molecule has 2 N–H and O–H groups in total. The number of rotatable bonds is 2. The minimum absolute atomic E-state index is 0.390. The predicted octanol–water partition coefficient (Wildman–Crippen LogP) is -0.437. The van der Waals surface area contributed by atoms with E-state index in [2.05, 4.69) is 10.00 Å². The lowest BCUT2D eigenvalue weighted by Crippen LogP contribution is -2.54. The molecule has 1 saturated heterocycles. The molecule has 4 heteroatoms. The zero-order valence-electron chi connectivity index (χ0n) is 7.27. The minimum atomic E-state index is 0.390. The molecule has 4 nitrogen and oxygen atoms in total. The van der Waals surface area contributed by atoms with Crippen molar-refractivity contribution in [1.82, 2.24) is 14.7 Å². The Morgan fingerprint density at radius 3 is 2.92 bits per heavy atom. The first-order chi connectivity index (χ1) is 5.74. The maximum atomic E-state index is 5.67. The van der Waals surface area contributed by atoms with Crippen LogP contribution in [0.4, 0.5) is 0 Å². The fourth-order valence-corrected chi connectivity index (χ4v) is 1.55. The highest BCUT2D eigenvalue weighted by molar-refractivity contribution is 5.04. The van der Waals surface area contributed by atoms with E-state index in [4.69, 9.17) is 5.73 Å². The molecule has 0 radical (unpaired) electrons. The Balaban J connectivity index is 1.88. The summed E-state index contributed by atoms with van der Waals surface area (Å²) in [5.41, 5.74) is 6.93. The fourth-order valence-electron chi connectivity index (χ4n) is 1.55. The molecule has 0 aliphatic carbocycles. The van der Waals surface area contributed by atoms with Crippen LogP contribution < -0.4 is 5.73 Å². The maximum Gasteiger partial charge on any atom is 0.0534 e. The molecule has 2 rings (SSSR count). The van der Waals surface area contributed by atoms with Gasteiger partial charge in [-0.1, -0.05) is 0 Å². The Hall–Kier alpha value is -0.870. The second kappa shape index (κ2) is 2.88. The molecule has 0 amide bonds. The summed E-state index contributed by atoms with van der Waals surface area (Å²) >= 11 is 0. The Labute approximate surface area is 72.0 Å². The van der Waals surface area contributed by atoms with E-state index in [0.29, 0.717) is 6.04 Å². The molecule has 0 aromatic carbocycles. The van der Waals surface area contributed by atoms with E-state index < -0.39 is 0 Å². The number of hydrogen-bond donors (Lipinski definition) is 1. The van der Waals surface area contributed by atoms with Gasteiger partial charge in [0.05, 0.1) is 6.20 Å². The van der Waals surface area contributed by atoms with E-state index >= 15 is 0 Å². The van der Waals surface area contributed by atoms with Gasteiger partial charge in [0.25, 0.3) is 0 Å². The van der Waals surface area contributed by atoms with Crippen molar-refractivity contribution in [2.45, 2.75) is 12.6 Å². The summed E-state index contributed by atoms with van der Waals surface area (Å²) in [5.74, 6) is 0. The summed E-state index contributed by atoms with van der Waals surface area (Å²) in [6.45, 7) is 3.03. The number of nitrogens with two attached hydrogens (primary N) is 1. The first-order valence-corrected chi connectivity index (χ1v) is 4.19. The molecule has 1 aromatic rings. The Bertz CT molecular complexity index is 262. The molecule has 12 heavy (non-hydrogen) atoms. The molecule has 1 aromatic heterocycles. The molecule has 2 heterocycles. The Morgan fingerprint density at radius 2 is 2.42 bits per heavy atom. The summed E-state index contributed by atoms with van der Waals surface area (Å²) in [6.07, 6.45) is 3.95. The molecule has 1 fully saturated rings. The first-order valence-electron chi connectivity index (χ1n) is 4.19. The van der Waals surface area contributed by atoms with Crippen molar-refractivity contribution < 1.29 is 0 Å². The van der Waals surface area contributed by atoms with Crippen molar-refractivity contribution in [2.75, 3.05) is 13.1 Å². The van der Waals surface area contributed by atoms with Crippen LogP contribution in [0.15, 0.2) is 12.4 Å². The van der Waals surface area contributed by atoms with Gasteiger partial charge in [0.2, 0.25) is 0 Å². The van der Waals surface area contributed by atoms with Gasteiger partial charge in [-0.3, -0.25) is 9.58 Å². The van der Waals surface area contributed by atoms with Crippen LogP contribution >= 0.6 is 0 Å². The highest BCUT2D eigenvalue weighted by Crippen LogP contribution is 2.10. The Kier molecular flexibility index (Phi) is 1.86. The summed E-state index contributed by atoms with van der Waals surface area (Å²) in [5, 5.41) is 4.11.